The molecule has 3 heterocycles. The summed E-state index contributed by atoms with van der Waals surface area (Å²) in [6.45, 7) is 2.15. The van der Waals surface area contributed by atoms with Gasteiger partial charge in [0.2, 0.25) is 0 Å². The summed E-state index contributed by atoms with van der Waals surface area (Å²) in [5.74, 6) is 1.48. The molecule has 1 aromatic heterocycles. The Bertz CT molecular complexity index is 1440. The Hall–Kier alpha value is -3.47. The van der Waals surface area contributed by atoms with Crippen LogP contribution in [-0.2, 0) is 0 Å². The second kappa shape index (κ2) is 8.33. The molecule has 2 aliphatic heterocycles. The van der Waals surface area contributed by atoms with E-state index >= 15 is 0 Å². The fraction of sp³-hybridized carbons (Fsp3) is 0.194. The second-order valence-corrected chi connectivity index (χ2v) is 10.8. The first-order chi connectivity index (χ1) is 17.2. The number of rotatable bonds is 3. The zero-order valence-corrected chi connectivity index (χ0v) is 20.4. The van der Waals surface area contributed by atoms with Crippen LogP contribution in [0.4, 0.5) is 0 Å². The number of nitrogens with one attached hydrogen (secondary N) is 1. The fourth-order valence-electron chi connectivity index (χ4n) is 5.74. The minimum absolute atomic E-state index is 0.0773. The highest BCUT2D eigenvalue weighted by atomic mass is 32.1. The van der Waals surface area contributed by atoms with E-state index < -0.39 is 0 Å². The topological polar surface area (TPSA) is 27.6 Å². The monoisotopic (exact) mass is 473 g/mol. The molecule has 0 spiro atoms. The number of hydrogen-bond donors (Lipinski definition) is 1. The second-order valence-electron chi connectivity index (χ2n) is 9.69. The lowest BCUT2D eigenvalue weighted by atomic mass is 9.88. The molecule has 2 aliphatic carbocycles. The number of nitrogens with zero attached hydrogens (tertiary/aromatic N) is 2. The van der Waals surface area contributed by atoms with E-state index in [2.05, 4.69) is 126 Å². The van der Waals surface area contributed by atoms with E-state index in [0.717, 1.165) is 0 Å². The molecule has 1 fully saturated rings. The molecule has 4 heteroatoms. The Morgan fingerprint density at radius 2 is 1.54 bits per heavy atom. The van der Waals surface area contributed by atoms with Crippen molar-refractivity contribution in [2.24, 2.45) is 10.9 Å². The van der Waals surface area contributed by atoms with E-state index in [1.165, 1.54) is 37.8 Å². The molecule has 35 heavy (non-hydrogen) atoms. The summed E-state index contributed by atoms with van der Waals surface area (Å²) in [5.41, 5.74) is 5.13. The molecule has 1 N–H and O–H groups in total. The molecule has 4 aliphatic rings. The van der Waals surface area contributed by atoms with Crippen LogP contribution in [0.2, 0.25) is 0 Å². The Kier molecular flexibility index (Phi) is 4.97. The number of amidine groups is 1. The highest BCUT2D eigenvalue weighted by Crippen LogP contribution is 2.41. The molecule has 0 amide bonds. The number of thiophene rings is 1. The van der Waals surface area contributed by atoms with Crippen molar-refractivity contribution in [2.45, 2.75) is 31.2 Å². The molecular formula is C31H27N3S. The van der Waals surface area contributed by atoms with Crippen molar-refractivity contribution in [3.05, 3.63) is 120 Å². The Balaban J connectivity index is 1.25. The molecule has 1 saturated heterocycles. The van der Waals surface area contributed by atoms with Crippen molar-refractivity contribution in [2.75, 3.05) is 0 Å². The number of fused-ring (bicyclic) bond motifs is 5. The van der Waals surface area contributed by atoms with Crippen LogP contribution in [0.1, 0.15) is 17.3 Å². The smallest absolute Gasteiger partial charge is 0.111 e. The van der Waals surface area contributed by atoms with Gasteiger partial charge in [-0.2, -0.15) is 0 Å². The summed E-state index contributed by atoms with van der Waals surface area (Å²) in [5, 5.41) is 3.94. The zero-order valence-electron chi connectivity index (χ0n) is 19.6. The third kappa shape index (κ3) is 3.56. The molecule has 3 aromatic rings. The molecule has 3 nitrogen and oxygen atoms in total. The molecule has 7 rings (SSSR count). The minimum atomic E-state index is 0.0773. The van der Waals surface area contributed by atoms with Crippen LogP contribution < -0.4 is 5.32 Å². The lowest BCUT2D eigenvalue weighted by Crippen LogP contribution is -2.58. The van der Waals surface area contributed by atoms with E-state index in [-0.39, 0.29) is 30.2 Å². The average Bonchev–Trinajstić information content (AvgIpc) is 3.54. The Labute approximate surface area is 210 Å². The van der Waals surface area contributed by atoms with Crippen molar-refractivity contribution in [1.82, 2.24) is 10.2 Å². The first-order valence-corrected chi connectivity index (χ1v) is 13.2. The van der Waals surface area contributed by atoms with Gasteiger partial charge in [-0.3, -0.25) is 10.3 Å². The maximum absolute atomic E-state index is 5.20. The van der Waals surface area contributed by atoms with Crippen LogP contribution in [0.15, 0.2) is 114 Å². The van der Waals surface area contributed by atoms with Crippen molar-refractivity contribution in [3.8, 4) is 20.9 Å². The van der Waals surface area contributed by atoms with Gasteiger partial charge in [0.1, 0.15) is 12.0 Å². The molecule has 0 radical (unpaired) electrons. The largest absolute Gasteiger partial charge is 0.331 e. The van der Waals surface area contributed by atoms with Crippen LogP contribution in [0, 0.1) is 12.8 Å². The standard InChI is InChI=1S/C31H27N3S/c1-20-8-6-9-21(18-20)28-16-17-29(35-28)22-10-7-11-23(19-22)30-32-25-13-3-2-12-24(25)31-33-26-14-4-5-15-27(26)34(30)31/h2-19,24-27,30,32H,1H3. The molecule has 2 aromatic carbocycles. The average molecular weight is 474 g/mol. The Morgan fingerprint density at radius 3 is 2.40 bits per heavy atom. The normalized spacial score (nSPS) is 28.0. The van der Waals surface area contributed by atoms with Crippen molar-refractivity contribution in [1.29, 1.82) is 0 Å². The SMILES string of the molecule is Cc1cccc(-c2ccc(-c3cccc(C4NC5C=CC=CC5C5=NC6C=CC=CC6N54)c3)s2)c1. The van der Waals surface area contributed by atoms with Gasteiger partial charge in [0.25, 0.3) is 0 Å². The molecule has 172 valence electrons. The number of aliphatic imine (C=N–C) groups is 1. The number of benzene rings is 2. The van der Waals surface area contributed by atoms with Gasteiger partial charge in [0.15, 0.2) is 0 Å². The van der Waals surface area contributed by atoms with Crippen molar-refractivity contribution < 1.29 is 0 Å². The quantitative estimate of drug-likeness (QED) is 0.459. The predicted octanol–water partition coefficient (Wildman–Crippen LogP) is 6.68. The van der Waals surface area contributed by atoms with Gasteiger partial charge in [-0.15, -0.1) is 11.3 Å². The summed E-state index contributed by atoms with van der Waals surface area (Å²) < 4.78 is 0. The van der Waals surface area contributed by atoms with Crippen LogP contribution in [-0.4, -0.2) is 28.9 Å². The van der Waals surface area contributed by atoms with E-state index in [0.29, 0.717) is 0 Å². The molecule has 0 bridgehead atoms. The number of allylic oxidation sites excluding steroid dienone is 4. The van der Waals surface area contributed by atoms with Gasteiger partial charge in [0.05, 0.1) is 18.0 Å². The van der Waals surface area contributed by atoms with Crippen LogP contribution >= 0.6 is 11.3 Å². The maximum Gasteiger partial charge on any atom is 0.111 e. The van der Waals surface area contributed by atoms with Gasteiger partial charge in [-0.05, 0) is 41.8 Å². The van der Waals surface area contributed by atoms with E-state index in [1.54, 1.807) is 0 Å². The van der Waals surface area contributed by atoms with Gasteiger partial charge in [-0.25, -0.2) is 0 Å². The van der Waals surface area contributed by atoms with Gasteiger partial charge < -0.3 is 4.90 Å². The van der Waals surface area contributed by atoms with E-state index in [1.807, 2.05) is 11.3 Å². The van der Waals surface area contributed by atoms with Crippen LogP contribution in [0.25, 0.3) is 20.9 Å². The van der Waals surface area contributed by atoms with Crippen molar-refractivity contribution in [3.63, 3.8) is 0 Å². The molecule has 0 saturated carbocycles. The number of aryl methyl sites for hydroxylation is 1. The first kappa shape index (κ1) is 20.9. The molecule has 5 atom stereocenters. The summed E-state index contributed by atoms with van der Waals surface area (Å²) >= 11 is 1.86. The molecular weight excluding hydrogens is 446 g/mol. The highest BCUT2D eigenvalue weighted by Gasteiger charge is 2.47. The fourth-order valence-corrected chi connectivity index (χ4v) is 6.73. The third-order valence-electron chi connectivity index (χ3n) is 7.40. The summed E-state index contributed by atoms with van der Waals surface area (Å²) in [6.07, 6.45) is 17.8. The van der Waals surface area contributed by atoms with Gasteiger partial charge in [-0.1, -0.05) is 96.6 Å². The number of hydrogen-bond acceptors (Lipinski definition) is 4. The highest BCUT2D eigenvalue weighted by molar-refractivity contribution is 7.18. The van der Waals surface area contributed by atoms with Gasteiger partial charge >= 0.3 is 0 Å². The minimum Gasteiger partial charge on any atom is -0.331 e. The maximum atomic E-state index is 5.20. The van der Waals surface area contributed by atoms with E-state index in [9.17, 15) is 0 Å². The zero-order chi connectivity index (χ0) is 23.4. The molecule has 5 unspecified atom stereocenters. The first-order valence-electron chi connectivity index (χ1n) is 12.3. The summed E-state index contributed by atoms with van der Waals surface area (Å²) in [4.78, 5) is 10.3. The van der Waals surface area contributed by atoms with Crippen LogP contribution in [0.5, 0.6) is 0 Å². The van der Waals surface area contributed by atoms with E-state index in [4.69, 9.17) is 4.99 Å². The van der Waals surface area contributed by atoms with Crippen LogP contribution in [0.3, 0.4) is 0 Å². The Morgan fingerprint density at radius 1 is 0.800 bits per heavy atom. The third-order valence-corrected chi connectivity index (χ3v) is 8.59. The predicted molar refractivity (Wildman–Crippen MR) is 146 cm³/mol. The van der Waals surface area contributed by atoms with Gasteiger partial charge in [0, 0.05) is 15.8 Å². The summed E-state index contributed by atoms with van der Waals surface area (Å²) in [6, 6.07) is 23.0. The van der Waals surface area contributed by atoms with Crippen molar-refractivity contribution >= 4 is 17.2 Å². The summed E-state index contributed by atoms with van der Waals surface area (Å²) in [7, 11) is 0. The lowest BCUT2D eigenvalue weighted by molar-refractivity contribution is 0.188. The lowest BCUT2D eigenvalue weighted by Gasteiger charge is -2.46.